The number of benzene rings is 1. The zero-order valence-electron chi connectivity index (χ0n) is 17.9. The molecule has 0 atom stereocenters. The third kappa shape index (κ3) is 5.16. The van der Waals surface area contributed by atoms with Gasteiger partial charge in [-0.25, -0.2) is 9.78 Å². The quantitative estimate of drug-likeness (QED) is 0.325. The summed E-state index contributed by atoms with van der Waals surface area (Å²) in [5.41, 5.74) is 3.46. The number of carbonyl (C=O) groups excluding carboxylic acids is 2. The molecule has 3 aromatic rings. The maximum Gasteiger partial charge on any atom is 0.341 e. The molecule has 9 heteroatoms. The molecular weight excluding hydrogens is 464 g/mol. The normalized spacial score (nSPS) is 12.8. The average molecular weight is 489 g/mol. The summed E-state index contributed by atoms with van der Waals surface area (Å²) in [5, 5.41) is 5.54. The van der Waals surface area contributed by atoms with Gasteiger partial charge in [0.2, 0.25) is 5.91 Å². The van der Waals surface area contributed by atoms with Crippen LogP contribution in [0.4, 0.5) is 5.00 Å². The molecule has 4 rings (SSSR count). The molecular formula is C23H24N2O4S3. The molecule has 0 unspecified atom stereocenters. The van der Waals surface area contributed by atoms with E-state index in [4.69, 9.17) is 9.47 Å². The number of aromatic nitrogens is 1. The first-order chi connectivity index (χ1) is 15.6. The van der Waals surface area contributed by atoms with E-state index in [9.17, 15) is 9.59 Å². The lowest BCUT2D eigenvalue weighted by Gasteiger charge is -2.12. The SMILES string of the molecule is CCOC(=O)c1c(NC(=O)CSc2nc(-c3ccc(OC)cc3)cs2)sc2c1CCCC2. The summed E-state index contributed by atoms with van der Waals surface area (Å²) in [6.45, 7) is 2.10. The van der Waals surface area contributed by atoms with Crippen LogP contribution in [0, 0.1) is 0 Å². The van der Waals surface area contributed by atoms with Gasteiger partial charge in [-0.15, -0.1) is 22.7 Å². The minimum atomic E-state index is -0.348. The first-order valence-electron chi connectivity index (χ1n) is 10.4. The fourth-order valence-electron chi connectivity index (χ4n) is 3.58. The summed E-state index contributed by atoms with van der Waals surface area (Å²) in [5.74, 6) is 0.521. The van der Waals surface area contributed by atoms with Crippen molar-refractivity contribution in [1.82, 2.24) is 4.98 Å². The first-order valence-corrected chi connectivity index (χ1v) is 13.1. The van der Waals surface area contributed by atoms with E-state index >= 15 is 0 Å². The Morgan fingerprint density at radius 3 is 2.72 bits per heavy atom. The number of nitrogens with zero attached hydrogens (tertiary/aromatic N) is 1. The van der Waals surface area contributed by atoms with E-state index in [2.05, 4.69) is 10.3 Å². The van der Waals surface area contributed by atoms with Crippen LogP contribution >= 0.6 is 34.4 Å². The number of ether oxygens (including phenoxy) is 2. The largest absolute Gasteiger partial charge is 0.497 e. The van der Waals surface area contributed by atoms with Gasteiger partial charge in [-0.3, -0.25) is 4.79 Å². The molecule has 0 bridgehead atoms. The number of amides is 1. The highest BCUT2D eigenvalue weighted by molar-refractivity contribution is 8.01. The number of anilines is 1. The van der Waals surface area contributed by atoms with E-state index in [0.717, 1.165) is 52.6 Å². The van der Waals surface area contributed by atoms with Crippen molar-refractivity contribution in [2.75, 3.05) is 24.8 Å². The van der Waals surface area contributed by atoms with Crippen molar-refractivity contribution in [2.45, 2.75) is 36.9 Å². The zero-order chi connectivity index (χ0) is 22.5. The minimum Gasteiger partial charge on any atom is -0.497 e. The Morgan fingerprint density at radius 2 is 1.97 bits per heavy atom. The fraction of sp³-hybridized carbons (Fsp3) is 0.348. The van der Waals surface area contributed by atoms with Gasteiger partial charge >= 0.3 is 5.97 Å². The van der Waals surface area contributed by atoms with E-state index in [1.807, 2.05) is 29.6 Å². The molecule has 0 spiro atoms. The predicted molar refractivity (Wildman–Crippen MR) is 130 cm³/mol. The zero-order valence-corrected chi connectivity index (χ0v) is 20.4. The average Bonchev–Trinajstić information content (AvgIpc) is 3.42. The number of hydrogen-bond donors (Lipinski definition) is 1. The number of esters is 1. The fourth-order valence-corrected chi connectivity index (χ4v) is 6.51. The Kier molecular flexibility index (Phi) is 7.49. The highest BCUT2D eigenvalue weighted by atomic mass is 32.2. The van der Waals surface area contributed by atoms with E-state index in [0.29, 0.717) is 17.2 Å². The summed E-state index contributed by atoms with van der Waals surface area (Å²) in [6.07, 6.45) is 3.97. The van der Waals surface area contributed by atoms with Crippen LogP contribution in [0.5, 0.6) is 5.75 Å². The summed E-state index contributed by atoms with van der Waals surface area (Å²) < 4.78 is 11.3. The van der Waals surface area contributed by atoms with Gasteiger partial charge < -0.3 is 14.8 Å². The molecule has 1 aromatic carbocycles. The van der Waals surface area contributed by atoms with Crippen LogP contribution in [0.3, 0.4) is 0 Å². The highest BCUT2D eigenvalue weighted by Gasteiger charge is 2.27. The van der Waals surface area contributed by atoms with Crippen LogP contribution in [-0.4, -0.2) is 36.3 Å². The maximum atomic E-state index is 12.7. The number of nitrogens with one attached hydrogen (secondary N) is 1. The van der Waals surface area contributed by atoms with E-state index in [-0.39, 0.29) is 17.6 Å². The highest BCUT2D eigenvalue weighted by Crippen LogP contribution is 2.39. The topological polar surface area (TPSA) is 77.5 Å². The second-order valence-electron chi connectivity index (χ2n) is 7.20. The number of fused-ring (bicyclic) bond motifs is 1. The standard InChI is InChI=1S/C23H24N2O4S3/c1-3-29-22(27)20-16-6-4-5-7-18(16)32-21(20)25-19(26)13-31-23-24-17(12-30-23)14-8-10-15(28-2)11-9-14/h8-12H,3-7,13H2,1-2H3,(H,25,26). The molecule has 6 nitrogen and oxygen atoms in total. The Hall–Kier alpha value is -2.36. The molecule has 2 heterocycles. The number of aryl methyl sites for hydroxylation is 1. The Bertz CT molecular complexity index is 1110. The molecule has 1 aliphatic rings. The Balaban J connectivity index is 1.41. The van der Waals surface area contributed by atoms with E-state index in [1.54, 1.807) is 14.0 Å². The molecule has 0 aliphatic heterocycles. The molecule has 1 aliphatic carbocycles. The second kappa shape index (κ2) is 10.5. The number of rotatable bonds is 8. The van der Waals surface area contributed by atoms with Crippen molar-refractivity contribution >= 4 is 51.3 Å². The molecule has 32 heavy (non-hydrogen) atoms. The van der Waals surface area contributed by atoms with E-state index < -0.39 is 0 Å². The van der Waals surface area contributed by atoms with E-state index in [1.165, 1.54) is 39.3 Å². The summed E-state index contributed by atoms with van der Waals surface area (Å²) in [6, 6.07) is 7.72. The van der Waals surface area contributed by atoms with Gasteiger partial charge in [0, 0.05) is 15.8 Å². The Morgan fingerprint density at radius 1 is 1.19 bits per heavy atom. The maximum absolute atomic E-state index is 12.7. The smallest absolute Gasteiger partial charge is 0.341 e. The lowest BCUT2D eigenvalue weighted by atomic mass is 9.95. The molecule has 0 radical (unpaired) electrons. The molecule has 168 valence electrons. The minimum absolute atomic E-state index is 0.152. The molecule has 1 N–H and O–H groups in total. The van der Waals surface area contributed by atoms with Crippen molar-refractivity contribution in [1.29, 1.82) is 0 Å². The number of carbonyl (C=O) groups is 2. The third-order valence-corrected chi connectivity index (χ3v) is 8.33. The van der Waals surface area contributed by atoms with Crippen LogP contribution in [0.15, 0.2) is 34.0 Å². The summed E-state index contributed by atoms with van der Waals surface area (Å²) in [4.78, 5) is 31.0. The Labute approximate surface area is 199 Å². The van der Waals surface area contributed by atoms with Gasteiger partial charge in [-0.1, -0.05) is 11.8 Å². The number of methoxy groups -OCH3 is 1. The van der Waals surface area contributed by atoms with Crippen molar-refractivity contribution < 1.29 is 19.1 Å². The van der Waals surface area contributed by atoms with Crippen LogP contribution in [-0.2, 0) is 22.4 Å². The van der Waals surface area contributed by atoms with Crippen molar-refractivity contribution in [2.24, 2.45) is 0 Å². The lowest BCUT2D eigenvalue weighted by Crippen LogP contribution is -2.17. The third-order valence-electron chi connectivity index (χ3n) is 5.10. The van der Waals surface area contributed by atoms with Gasteiger partial charge in [-0.05, 0) is 62.4 Å². The predicted octanol–water partition coefficient (Wildman–Crippen LogP) is 5.67. The van der Waals surface area contributed by atoms with Crippen molar-refractivity contribution in [3.05, 3.63) is 45.6 Å². The van der Waals surface area contributed by atoms with Crippen LogP contribution in [0.2, 0.25) is 0 Å². The number of thiazole rings is 1. The van der Waals surface area contributed by atoms with Crippen LogP contribution in [0.25, 0.3) is 11.3 Å². The lowest BCUT2D eigenvalue weighted by molar-refractivity contribution is -0.113. The summed E-state index contributed by atoms with van der Waals surface area (Å²) in [7, 11) is 1.64. The summed E-state index contributed by atoms with van der Waals surface area (Å²) >= 11 is 4.40. The number of hydrogen-bond acceptors (Lipinski definition) is 8. The monoisotopic (exact) mass is 488 g/mol. The number of thiophene rings is 1. The van der Waals surface area contributed by atoms with Gasteiger partial charge in [-0.2, -0.15) is 0 Å². The second-order valence-corrected chi connectivity index (χ2v) is 10.4. The molecule has 0 saturated carbocycles. The molecule has 0 saturated heterocycles. The van der Waals surface area contributed by atoms with Gasteiger partial charge in [0.15, 0.2) is 4.34 Å². The van der Waals surface area contributed by atoms with Crippen molar-refractivity contribution in [3.63, 3.8) is 0 Å². The molecule has 0 fully saturated rings. The van der Waals surface area contributed by atoms with Gasteiger partial charge in [0.1, 0.15) is 10.8 Å². The first kappa shape index (κ1) is 22.8. The molecule has 2 aromatic heterocycles. The number of thioether (sulfide) groups is 1. The van der Waals surface area contributed by atoms with Crippen molar-refractivity contribution in [3.8, 4) is 17.0 Å². The van der Waals surface area contributed by atoms with Crippen LogP contribution in [0.1, 0.15) is 40.6 Å². The molecule has 1 amide bonds. The van der Waals surface area contributed by atoms with Gasteiger partial charge in [0.05, 0.1) is 30.7 Å². The van der Waals surface area contributed by atoms with Gasteiger partial charge in [0.25, 0.3) is 0 Å². The van der Waals surface area contributed by atoms with Crippen LogP contribution < -0.4 is 10.1 Å².